The van der Waals surface area contributed by atoms with Gasteiger partial charge in [-0.1, -0.05) is 0 Å². The fourth-order valence-corrected chi connectivity index (χ4v) is 2.99. The highest BCUT2D eigenvalue weighted by atomic mass is 19.1. The molecule has 0 aromatic heterocycles. The van der Waals surface area contributed by atoms with E-state index < -0.39 is 33.8 Å². The summed E-state index contributed by atoms with van der Waals surface area (Å²) in [6, 6.07) is 0. The maximum absolute atomic E-state index is 13.6. The van der Waals surface area contributed by atoms with Crippen LogP contribution in [-0.4, -0.2) is 50.6 Å². The van der Waals surface area contributed by atoms with Crippen molar-refractivity contribution >= 4 is 12.1 Å². The van der Waals surface area contributed by atoms with Crippen LogP contribution >= 0.6 is 0 Å². The number of amides is 1. The van der Waals surface area contributed by atoms with Crippen LogP contribution < -0.4 is 0 Å². The topological polar surface area (TPSA) is 74.6 Å². The zero-order valence-corrected chi connectivity index (χ0v) is 10.5. The maximum Gasteiger partial charge on any atom is 0.514 e. The first-order valence-corrected chi connectivity index (χ1v) is 5.48. The Morgan fingerprint density at radius 1 is 1.35 bits per heavy atom. The van der Waals surface area contributed by atoms with E-state index >= 15 is 0 Å². The average Bonchev–Trinajstić information content (AvgIpc) is 2.38. The Kier molecular flexibility index (Phi) is 2.99. The van der Waals surface area contributed by atoms with Gasteiger partial charge < -0.3 is 10.2 Å². The maximum atomic E-state index is 13.6. The zero-order valence-electron chi connectivity index (χ0n) is 10.5. The molecular formula is C11H19FNO4+. The number of halogens is 1. The van der Waals surface area contributed by atoms with Crippen molar-refractivity contribution in [1.82, 2.24) is 0 Å². The molecule has 17 heavy (non-hydrogen) atoms. The molecule has 0 bridgehead atoms. The molecule has 1 aliphatic heterocycles. The summed E-state index contributed by atoms with van der Waals surface area (Å²) in [5.74, 6) is -1.27. The molecule has 6 heteroatoms. The van der Waals surface area contributed by atoms with Gasteiger partial charge in [0.1, 0.15) is 12.1 Å². The van der Waals surface area contributed by atoms with Crippen LogP contribution in [0.5, 0.6) is 0 Å². The summed E-state index contributed by atoms with van der Waals surface area (Å²) in [5, 5.41) is 18.7. The van der Waals surface area contributed by atoms with E-state index in [1.54, 1.807) is 20.8 Å². The van der Waals surface area contributed by atoms with Crippen molar-refractivity contribution < 1.29 is 28.7 Å². The summed E-state index contributed by atoms with van der Waals surface area (Å²) in [6.07, 6.45) is -2.97. The van der Waals surface area contributed by atoms with Crippen molar-refractivity contribution in [2.45, 2.75) is 51.4 Å². The van der Waals surface area contributed by atoms with Crippen molar-refractivity contribution in [1.29, 1.82) is 0 Å². The van der Waals surface area contributed by atoms with Crippen molar-refractivity contribution in [2.24, 2.45) is 0 Å². The average molecular weight is 248 g/mol. The third-order valence-electron chi connectivity index (χ3n) is 3.87. The third kappa shape index (κ3) is 1.62. The van der Waals surface area contributed by atoms with Crippen LogP contribution in [0.15, 0.2) is 0 Å². The van der Waals surface area contributed by atoms with Crippen LogP contribution in [0.1, 0.15) is 34.1 Å². The molecule has 2 N–H and O–H groups in total. The molecule has 5 nitrogen and oxygen atoms in total. The fourth-order valence-electron chi connectivity index (χ4n) is 2.99. The lowest BCUT2D eigenvalue weighted by Gasteiger charge is -2.47. The Balaban J connectivity index is 3.49. The summed E-state index contributed by atoms with van der Waals surface area (Å²) < 4.78 is 12.8. The molecular weight excluding hydrogens is 229 g/mol. The van der Waals surface area contributed by atoms with Crippen molar-refractivity contribution in [3.05, 3.63) is 0 Å². The minimum absolute atomic E-state index is 0.272. The molecule has 1 unspecified atom stereocenters. The Morgan fingerprint density at radius 3 is 2.06 bits per heavy atom. The molecule has 1 fully saturated rings. The molecule has 0 aliphatic carbocycles. The number of quaternary nitrogens is 1. The number of likely N-dealkylation sites (tertiary alicyclic amines) is 1. The van der Waals surface area contributed by atoms with E-state index in [0.29, 0.717) is 0 Å². The largest absolute Gasteiger partial charge is 0.514 e. The van der Waals surface area contributed by atoms with Gasteiger partial charge in [-0.3, -0.25) is 0 Å². The minimum atomic E-state index is -1.64. The van der Waals surface area contributed by atoms with Gasteiger partial charge in [-0.25, -0.2) is 13.7 Å². The van der Waals surface area contributed by atoms with Gasteiger partial charge in [0.15, 0.2) is 6.17 Å². The third-order valence-corrected chi connectivity index (χ3v) is 3.87. The molecule has 3 atom stereocenters. The van der Waals surface area contributed by atoms with E-state index in [9.17, 15) is 24.2 Å². The predicted octanol–water partition coefficient (Wildman–Crippen LogP) is 1.86. The number of nitrogens with zero attached hydrogens (tertiary/aromatic N) is 1. The van der Waals surface area contributed by atoms with E-state index in [-0.39, 0.29) is 13.0 Å². The first-order chi connectivity index (χ1) is 7.49. The minimum Gasteiger partial charge on any atom is -0.477 e. The normalized spacial score (nSPS) is 38.1. The highest BCUT2D eigenvalue weighted by molar-refractivity contribution is 5.80. The van der Waals surface area contributed by atoms with Crippen molar-refractivity contribution in [3.8, 4) is 0 Å². The molecule has 1 saturated heterocycles. The van der Waals surface area contributed by atoms with Crippen LogP contribution in [0.3, 0.4) is 0 Å². The van der Waals surface area contributed by atoms with Crippen LogP contribution in [0.25, 0.3) is 0 Å². The van der Waals surface area contributed by atoms with E-state index in [0.717, 1.165) is 0 Å². The summed E-state index contributed by atoms with van der Waals surface area (Å²) in [5.41, 5.74) is -2.52. The Labute approximate surface area is 99.4 Å². The Morgan fingerprint density at radius 2 is 1.82 bits per heavy atom. The summed E-state index contributed by atoms with van der Waals surface area (Å²) in [7, 11) is 0. The molecule has 0 saturated carbocycles. The molecule has 1 rings (SSSR count). The van der Waals surface area contributed by atoms with Gasteiger partial charge in [0.05, 0.1) is 6.42 Å². The number of carbonyl (C=O) groups is 2. The van der Waals surface area contributed by atoms with Crippen LogP contribution in [-0.2, 0) is 4.79 Å². The molecule has 0 aromatic carbocycles. The van der Waals surface area contributed by atoms with Gasteiger partial charge in [-0.2, -0.15) is 4.79 Å². The molecule has 0 radical (unpaired) electrons. The number of carboxylic acids is 1. The monoisotopic (exact) mass is 248 g/mol. The van der Waals surface area contributed by atoms with E-state index in [1.165, 1.54) is 6.92 Å². The number of aliphatic carboxylic acids is 1. The Hall–Kier alpha value is -1.17. The molecule has 1 aliphatic rings. The van der Waals surface area contributed by atoms with E-state index in [1.807, 2.05) is 0 Å². The molecule has 1 heterocycles. The number of alkyl halides is 1. The smallest absolute Gasteiger partial charge is 0.477 e. The zero-order chi connectivity index (χ0) is 13.6. The van der Waals surface area contributed by atoms with Gasteiger partial charge in [0.25, 0.3) is 0 Å². The second kappa shape index (κ2) is 3.66. The first-order valence-electron chi connectivity index (χ1n) is 5.48. The summed E-state index contributed by atoms with van der Waals surface area (Å²) in [6.45, 7) is 5.89. The van der Waals surface area contributed by atoms with Crippen LogP contribution in [0.2, 0.25) is 0 Å². The predicted molar refractivity (Wildman–Crippen MR) is 58.5 cm³/mol. The van der Waals surface area contributed by atoms with Crippen molar-refractivity contribution in [2.75, 3.05) is 6.54 Å². The van der Waals surface area contributed by atoms with Crippen LogP contribution in [0, 0.1) is 0 Å². The number of rotatable bonds is 1. The molecule has 0 spiro atoms. The molecule has 0 aromatic rings. The van der Waals surface area contributed by atoms with Crippen LogP contribution in [0.4, 0.5) is 9.18 Å². The lowest BCUT2D eigenvalue weighted by molar-refractivity contribution is -0.929. The second-order valence-electron chi connectivity index (χ2n) is 5.83. The van der Waals surface area contributed by atoms with Gasteiger partial charge in [-0.15, -0.1) is 0 Å². The fraction of sp³-hybridized carbons (Fsp3) is 0.818. The Bertz CT molecular complexity index is 365. The number of hydrogen-bond acceptors (Lipinski definition) is 2. The lowest BCUT2D eigenvalue weighted by Crippen LogP contribution is -2.73. The van der Waals surface area contributed by atoms with E-state index in [4.69, 9.17) is 0 Å². The molecule has 1 amide bonds. The number of hydrogen-bond donors (Lipinski definition) is 2. The van der Waals surface area contributed by atoms with E-state index in [2.05, 4.69) is 0 Å². The highest BCUT2D eigenvalue weighted by Crippen LogP contribution is 2.45. The summed E-state index contributed by atoms with van der Waals surface area (Å²) in [4.78, 5) is 23.0. The highest BCUT2D eigenvalue weighted by Gasteiger charge is 2.70. The standard InChI is InChI=1S/C11H18FNO4/c1-10(2,3)13(9(16)17)6-7(12)5-11(13,4)8(14)15/h7H,5-6H2,1-4H3,(H-,14,15,16,17)/p+1/t7-,11-,13?/m0/s1. The molecule has 98 valence electrons. The summed E-state index contributed by atoms with van der Waals surface area (Å²) >= 11 is 0. The second-order valence-corrected chi connectivity index (χ2v) is 5.83. The first kappa shape index (κ1) is 13.9. The van der Waals surface area contributed by atoms with Gasteiger partial charge in [-0.05, 0) is 20.8 Å². The van der Waals surface area contributed by atoms with Crippen molar-refractivity contribution in [3.63, 3.8) is 0 Å². The van der Waals surface area contributed by atoms with Gasteiger partial charge >= 0.3 is 12.1 Å². The number of carboxylic acid groups (broad SMARTS) is 2. The lowest BCUT2D eigenvalue weighted by atomic mass is 9.90. The SMILES string of the molecule is CC(C)(C)[N+]1(C(=O)O)C[C@@H](F)C[C@@]1(C)C(=O)O. The van der Waals surface area contributed by atoms with Gasteiger partial charge in [0.2, 0.25) is 5.54 Å². The van der Waals surface area contributed by atoms with Gasteiger partial charge in [0, 0.05) is 6.92 Å². The quantitative estimate of drug-likeness (QED) is 0.695.